The van der Waals surface area contributed by atoms with Gasteiger partial charge in [-0.15, -0.1) is 0 Å². The number of ether oxygens (including phenoxy) is 1. The van der Waals surface area contributed by atoms with Crippen molar-refractivity contribution < 1.29 is 23.5 Å². The normalized spacial score (nSPS) is 21.2. The second-order valence-electron chi connectivity index (χ2n) is 7.80. The van der Waals surface area contributed by atoms with Crippen LogP contribution in [-0.2, 0) is 4.43 Å². The number of carbonyl (C=O) groups is 1. The number of carboxylic acid groups (broad SMARTS) is 1. The number of anilines is 1. The van der Waals surface area contributed by atoms with Crippen molar-refractivity contribution in [2.45, 2.75) is 51.1 Å². The fraction of sp³-hybridized carbons (Fsp3) is 0.588. The minimum Gasteiger partial charge on any atom is -0.484 e. The summed E-state index contributed by atoms with van der Waals surface area (Å²) >= 11 is 0. The van der Waals surface area contributed by atoms with Crippen LogP contribution < -0.4 is 15.4 Å². The van der Waals surface area contributed by atoms with E-state index in [1.54, 1.807) is 0 Å². The van der Waals surface area contributed by atoms with Crippen LogP contribution >= 0.6 is 0 Å². The monoisotopic (exact) mass is 370 g/mol. The van der Waals surface area contributed by atoms with Crippen LogP contribution in [0.25, 0.3) is 0 Å². The van der Waals surface area contributed by atoms with Gasteiger partial charge in [0.05, 0.1) is 11.8 Å². The maximum atomic E-state index is 13.6. The van der Waals surface area contributed by atoms with E-state index >= 15 is 0 Å². The molecule has 3 N–H and O–H groups in total. The van der Waals surface area contributed by atoms with Gasteiger partial charge in [0, 0.05) is 19.2 Å². The van der Waals surface area contributed by atoms with Gasteiger partial charge >= 0.3 is 6.09 Å². The van der Waals surface area contributed by atoms with Gasteiger partial charge in [0.2, 0.25) is 0 Å². The van der Waals surface area contributed by atoms with Crippen LogP contribution in [0.5, 0.6) is 5.75 Å². The average Bonchev–Trinajstić information content (AvgIpc) is 2.87. The largest absolute Gasteiger partial charge is 0.484 e. The Morgan fingerprint density at radius 3 is 2.56 bits per heavy atom. The van der Waals surface area contributed by atoms with E-state index in [4.69, 9.17) is 14.3 Å². The smallest absolute Gasteiger partial charge is 0.409 e. The highest BCUT2D eigenvalue weighted by atomic mass is 28.4. The van der Waals surface area contributed by atoms with Gasteiger partial charge in [-0.2, -0.15) is 0 Å². The molecule has 0 radical (unpaired) electrons. The van der Waals surface area contributed by atoms with E-state index in [9.17, 15) is 9.18 Å². The van der Waals surface area contributed by atoms with Gasteiger partial charge < -0.3 is 19.6 Å². The molecule has 2 rings (SSSR count). The Morgan fingerprint density at radius 2 is 1.96 bits per heavy atom. The van der Waals surface area contributed by atoms with Crippen molar-refractivity contribution in [2.75, 3.05) is 18.4 Å². The molecule has 1 aliphatic heterocycles. The van der Waals surface area contributed by atoms with Crippen LogP contribution in [0.4, 0.5) is 14.9 Å². The van der Waals surface area contributed by atoms with Gasteiger partial charge in [0.15, 0.2) is 8.32 Å². The first-order chi connectivity index (χ1) is 11.5. The first-order valence-electron chi connectivity index (χ1n) is 8.34. The quantitative estimate of drug-likeness (QED) is 0.690. The predicted octanol–water partition coefficient (Wildman–Crippen LogP) is 3.66. The van der Waals surface area contributed by atoms with Gasteiger partial charge in [-0.05, 0) is 30.3 Å². The fourth-order valence-electron chi connectivity index (χ4n) is 2.40. The molecule has 2 atom stereocenters. The number of hydrogen-bond donors (Lipinski definition) is 3. The zero-order valence-electron chi connectivity index (χ0n) is 15.4. The Bertz CT molecular complexity index is 634. The zero-order chi connectivity index (χ0) is 18.8. The van der Waals surface area contributed by atoms with Crippen molar-refractivity contribution in [3.05, 3.63) is 24.0 Å². The predicted molar refractivity (Wildman–Crippen MR) is 97.4 cm³/mol. The van der Waals surface area contributed by atoms with E-state index in [0.717, 1.165) is 0 Å². The molecule has 6 nitrogen and oxygen atoms in total. The third kappa shape index (κ3) is 4.93. The summed E-state index contributed by atoms with van der Waals surface area (Å²) < 4.78 is 25.9. The highest BCUT2D eigenvalue weighted by Crippen LogP contribution is 2.38. The minimum absolute atomic E-state index is 0.0645. The molecule has 0 unspecified atom stereocenters. The number of rotatable bonds is 5. The second kappa shape index (κ2) is 7.31. The minimum atomic E-state index is -1.98. The highest BCUT2D eigenvalue weighted by molar-refractivity contribution is 6.74. The summed E-state index contributed by atoms with van der Waals surface area (Å²) in [4.78, 5) is 10.9. The van der Waals surface area contributed by atoms with Crippen molar-refractivity contribution in [3.63, 3.8) is 0 Å². The lowest BCUT2D eigenvalue weighted by Gasteiger charge is -2.39. The van der Waals surface area contributed by atoms with E-state index in [-0.39, 0.29) is 28.7 Å². The molecule has 0 aliphatic carbocycles. The van der Waals surface area contributed by atoms with Crippen molar-refractivity contribution >= 4 is 20.1 Å². The third-order valence-corrected chi connectivity index (χ3v) is 9.33. The summed E-state index contributed by atoms with van der Waals surface area (Å²) in [7, 11) is -1.98. The molecule has 140 valence electrons. The molecule has 0 saturated carbocycles. The van der Waals surface area contributed by atoms with Crippen LogP contribution in [0.15, 0.2) is 18.2 Å². The topological polar surface area (TPSA) is 79.8 Å². The average molecular weight is 370 g/mol. The molecule has 0 bridgehead atoms. The first kappa shape index (κ1) is 19.7. The summed E-state index contributed by atoms with van der Waals surface area (Å²) in [5.74, 6) is -0.321. The van der Waals surface area contributed by atoms with Gasteiger partial charge in [-0.1, -0.05) is 20.8 Å². The number of halogens is 1. The van der Waals surface area contributed by atoms with Crippen molar-refractivity contribution in [3.8, 4) is 5.75 Å². The number of hydrogen-bond acceptors (Lipinski definition) is 4. The van der Waals surface area contributed by atoms with Gasteiger partial charge in [0.25, 0.3) is 0 Å². The van der Waals surface area contributed by atoms with Crippen LogP contribution in [0, 0.1) is 5.82 Å². The Balaban J connectivity index is 2.16. The first-order valence-corrected chi connectivity index (χ1v) is 11.2. The SMILES string of the molecule is CC(C)(C)[Si](C)(C)O[C@H]1CNC[C@@H]1Oc1cc(F)ccc1NC(=O)O. The van der Waals surface area contributed by atoms with Crippen LogP contribution in [0.2, 0.25) is 18.1 Å². The molecular formula is C17H27FN2O4Si. The molecule has 1 aromatic rings. The number of nitrogens with one attached hydrogen (secondary N) is 2. The van der Waals surface area contributed by atoms with E-state index < -0.39 is 20.2 Å². The summed E-state index contributed by atoms with van der Waals surface area (Å²) in [6.45, 7) is 12.0. The van der Waals surface area contributed by atoms with E-state index in [0.29, 0.717) is 13.1 Å². The third-order valence-electron chi connectivity index (χ3n) is 4.82. The Labute approximate surface area is 148 Å². The highest BCUT2D eigenvalue weighted by Gasteiger charge is 2.42. The molecular weight excluding hydrogens is 343 g/mol. The molecule has 25 heavy (non-hydrogen) atoms. The van der Waals surface area contributed by atoms with Gasteiger partial charge in [-0.3, -0.25) is 5.32 Å². The van der Waals surface area contributed by atoms with Crippen molar-refractivity contribution in [1.29, 1.82) is 0 Å². The van der Waals surface area contributed by atoms with Gasteiger partial charge in [0.1, 0.15) is 17.7 Å². The summed E-state index contributed by atoms with van der Waals surface area (Å²) in [5, 5.41) is 14.5. The molecule has 1 heterocycles. The summed E-state index contributed by atoms with van der Waals surface area (Å²) in [5.41, 5.74) is 0.215. The molecule has 1 aliphatic rings. The van der Waals surface area contributed by atoms with Crippen molar-refractivity contribution in [2.24, 2.45) is 0 Å². The lowest BCUT2D eigenvalue weighted by Crippen LogP contribution is -2.48. The van der Waals surface area contributed by atoms with Gasteiger partial charge in [-0.25, -0.2) is 9.18 Å². The second-order valence-corrected chi connectivity index (χ2v) is 12.6. The Morgan fingerprint density at radius 1 is 1.32 bits per heavy atom. The Hall–Kier alpha value is -1.64. The van der Waals surface area contributed by atoms with E-state index in [2.05, 4.69) is 44.5 Å². The standard InChI is InChI=1S/C17H27FN2O4Si/c1-17(2,3)25(4,5)24-15-10-19-9-14(15)23-13-8-11(18)6-7-12(13)20-16(21)22/h6-8,14-15,19-20H,9-10H2,1-5H3,(H,21,22)/t14-,15-/m0/s1. The Kier molecular flexibility index (Phi) is 5.75. The number of amides is 1. The van der Waals surface area contributed by atoms with E-state index in [1.807, 2.05) is 0 Å². The number of benzene rings is 1. The zero-order valence-corrected chi connectivity index (χ0v) is 16.4. The summed E-state index contributed by atoms with van der Waals surface area (Å²) in [6.07, 6.45) is -1.71. The molecule has 1 aromatic carbocycles. The van der Waals surface area contributed by atoms with Crippen molar-refractivity contribution in [1.82, 2.24) is 5.32 Å². The molecule has 0 spiro atoms. The molecule has 0 aromatic heterocycles. The lowest BCUT2D eigenvalue weighted by molar-refractivity contribution is 0.0811. The van der Waals surface area contributed by atoms with Crippen LogP contribution in [0.3, 0.4) is 0 Å². The van der Waals surface area contributed by atoms with Crippen LogP contribution in [-0.4, -0.2) is 44.8 Å². The van der Waals surface area contributed by atoms with Crippen LogP contribution in [0.1, 0.15) is 20.8 Å². The maximum Gasteiger partial charge on any atom is 0.409 e. The molecule has 8 heteroatoms. The summed E-state index contributed by atoms with van der Waals surface area (Å²) in [6, 6.07) is 3.73. The van der Waals surface area contributed by atoms with E-state index in [1.165, 1.54) is 18.2 Å². The molecule has 1 fully saturated rings. The maximum absolute atomic E-state index is 13.6. The fourth-order valence-corrected chi connectivity index (χ4v) is 3.74. The lowest BCUT2D eigenvalue weighted by atomic mass is 10.2. The molecule has 1 amide bonds. The molecule has 1 saturated heterocycles.